The summed E-state index contributed by atoms with van der Waals surface area (Å²) in [7, 11) is 0. The van der Waals surface area contributed by atoms with Crippen molar-refractivity contribution >= 4 is 21.8 Å². The third-order valence-corrected chi connectivity index (χ3v) is 11.5. The second kappa shape index (κ2) is 16.4. The van der Waals surface area contributed by atoms with Crippen LogP contribution in [0, 0.1) is 25.2 Å². The standard InChI is InChI=1S/C56H37N9/c1-35-58-36(2)60-55(59-35)42-27-28-44-43-25-15-16-26-51(43)65(52(44)31-42)53-45(50-33-49(40-21-11-5-12-22-40)61-54(64-50)41-23-13-6-14-24-41)29-37(34-57)30-46(53)56-62-47(38-17-7-3-8-18-38)32-48(63-56)39-19-9-4-10-20-39/h3-33H,1-2H3. The summed E-state index contributed by atoms with van der Waals surface area (Å²) in [4.78, 5) is 35.2. The number of nitrogens with zero attached hydrogens (tertiary/aromatic N) is 9. The maximum atomic E-state index is 10.9. The highest BCUT2D eigenvalue weighted by Gasteiger charge is 2.26. The number of benzene rings is 7. The summed E-state index contributed by atoms with van der Waals surface area (Å²) < 4.78 is 2.26. The molecular formula is C56H37N9. The van der Waals surface area contributed by atoms with Gasteiger partial charge in [-0.3, -0.25) is 0 Å². The van der Waals surface area contributed by atoms with Gasteiger partial charge in [0, 0.05) is 49.7 Å². The minimum Gasteiger partial charge on any atom is -0.308 e. The van der Waals surface area contributed by atoms with E-state index in [2.05, 4.69) is 76.3 Å². The lowest BCUT2D eigenvalue weighted by molar-refractivity contribution is 0.928. The molecule has 0 saturated carbocycles. The molecule has 0 aliphatic carbocycles. The van der Waals surface area contributed by atoms with Crippen LogP contribution >= 0.6 is 0 Å². The van der Waals surface area contributed by atoms with Gasteiger partial charge in [0.25, 0.3) is 0 Å². The van der Waals surface area contributed by atoms with E-state index in [1.807, 2.05) is 141 Å². The van der Waals surface area contributed by atoms with Gasteiger partial charge in [-0.2, -0.15) is 5.26 Å². The van der Waals surface area contributed by atoms with E-state index in [1.54, 1.807) is 0 Å². The third-order valence-electron chi connectivity index (χ3n) is 11.5. The van der Waals surface area contributed by atoms with E-state index in [0.29, 0.717) is 51.5 Å². The van der Waals surface area contributed by atoms with Crippen LogP contribution in [0.4, 0.5) is 0 Å². The summed E-state index contributed by atoms with van der Waals surface area (Å²) in [6.07, 6.45) is 0. The molecule has 0 radical (unpaired) electrons. The first-order valence-corrected chi connectivity index (χ1v) is 21.3. The lowest BCUT2D eigenvalue weighted by Crippen LogP contribution is -2.06. The average molecular weight is 836 g/mol. The van der Waals surface area contributed by atoms with Crippen LogP contribution in [0.25, 0.3) is 107 Å². The highest BCUT2D eigenvalue weighted by atomic mass is 15.0. The smallest absolute Gasteiger partial charge is 0.163 e. The van der Waals surface area contributed by atoms with Crippen molar-refractivity contribution < 1.29 is 0 Å². The van der Waals surface area contributed by atoms with E-state index >= 15 is 0 Å². The second-order valence-corrected chi connectivity index (χ2v) is 15.8. The van der Waals surface area contributed by atoms with Gasteiger partial charge in [0.15, 0.2) is 17.5 Å². The highest BCUT2D eigenvalue weighted by Crippen LogP contribution is 2.43. The molecule has 0 saturated heterocycles. The Hall–Kier alpha value is -9.00. The Labute approximate surface area is 375 Å². The van der Waals surface area contributed by atoms with Crippen LogP contribution in [-0.2, 0) is 0 Å². The van der Waals surface area contributed by atoms with E-state index in [9.17, 15) is 5.26 Å². The van der Waals surface area contributed by atoms with Crippen molar-refractivity contribution in [2.75, 3.05) is 0 Å². The Morgan fingerprint density at radius 3 is 1.42 bits per heavy atom. The average Bonchev–Trinajstić information content (AvgIpc) is 3.69. The number of fused-ring (bicyclic) bond motifs is 3. The number of rotatable bonds is 8. The van der Waals surface area contributed by atoms with Gasteiger partial charge >= 0.3 is 0 Å². The molecule has 0 aliphatic rings. The molecule has 0 atom stereocenters. The lowest BCUT2D eigenvalue weighted by Gasteiger charge is -2.20. The van der Waals surface area contributed by atoms with Crippen LogP contribution in [-0.4, -0.2) is 39.5 Å². The van der Waals surface area contributed by atoms with Gasteiger partial charge in [-0.05, 0) is 50.2 Å². The summed E-state index contributed by atoms with van der Waals surface area (Å²) in [5.74, 6) is 2.86. The predicted molar refractivity (Wildman–Crippen MR) is 258 cm³/mol. The van der Waals surface area contributed by atoms with Gasteiger partial charge in [0.1, 0.15) is 11.6 Å². The number of aryl methyl sites for hydroxylation is 2. The molecule has 4 heterocycles. The monoisotopic (exact) mass is 835 g/mol. The molecule has 11 rings (SSSR count). The van der Waals surface area contributed by atoms with Crippen LogP contribution in [0.1, 0.15) is 17.2 Å². The Bertz CT molecular complexity index is 3340. The van der Waals surface area contributed by atoms with Gasteiger partial charge in [0.05, 0.1) is 51.1 Å². The van der Waals surface area contributed by atoms with Crippen LogP contribution in [0.2, 0.25) is 0 Å². The summed E-state index contributed by atoms with van der Waals surface area (Å²) in [6.45, 7) is 3.76. The van der Waals surface area contributed by atoms with Gasteiger partial charge in [-0.15, -0.1) is 0 Å². The number of hydrogen-bond acceptors (Lipinski definition) is 8. The minimum atomic E-state index is 0.424. The van der Waals surface area contributed by atoms with Crippen molar-refractivity contribution in [2.45, 2.75) is 13.8 Å². The molecule has 306 valence electrons. The van der Waals surface area contributed by atoms with Crippen molar-refractivity contribution in [2.24, 2.45) is 0 Å². The first kappa shape index (κ1) is 38.9. The Morgan fingerprint density at radius 1 is 0.369 bits per heavy atom. The zero-order valence-corrected chi connectivity index (χ0v) is 35.4. The van der Waals surface area contributed by atoms with Crippen LogP contribution in [0.5, 0.6) is 0 Å². The maximum absolute atomic E-state index is 10.9. The third kappa shape index (κ3) is 7.35. The molecular weight excluding hydrogens is 799 g/mol. The molecule has 4 aromatic heterocycles. The first-order valence-electron chi connectivity index (χ1n) is 21.3. The number of aromatic nitrogens is 8. The largest absolute Gasteiger partial charge is 0.308 e. The molecule has 0 unspecified atom stereocenters. The Morgan fingerprint density at radius 2 is 0.831 bits per heavy atom. The summed E-state index contributed by atoms with van der Waals surface area (Å²) in [5.41, 5.74) is 11.7. The van der Waals surface area contributed by atoms with E-state index in [0.717, 1.165) is 72.4 Å². The molecule has 9 heteroatoms. The molecule has 0 fully saturated rings. The number of para-hydroxylation sites is 1. The van der Waals surface area contributed by atoms with Gasteiger partial charge in [0.2, 0.25) is 0 Å². The van der Waals surface area contributed by atoms with E-state index < -0.39 is 0 Å². The number of hydrogen-bond donors (Lipinski definition) is 0. The highest BCUT2D eigenvalue weighted by molar-refractivity contribution is 6.11. The molecule has 65 heavy (non-hydrogen) atoms. The van der Waals surface area contributed by atoms with Crippen LogP contribution < -0.4 is 0 Å². The fraction of sp³-hybridized carbons (Fsp3) is 0.0357. The van der Waals surface area contributed by atoms with Crippen molar-refractivity contribution in [3.8, 4) is 90.9 Å². The molecule has 0 amide bonds. The van der Waals surface area contributed by atoms with Gasteiger partial charge in [-0.25, -0.2) is 34.9 Å². The SMILES string of the molecule is Cc1nc(C)nc(-c2ccc3c4ccccc4n(-c4c(-c5cc(-c6ccccc6)nc(-c6ccccc6)n5)cc(C#N)cc4-c4nc(-c5ccccc5)cc(-c5ccccc5)n4)c3c2)n1. The van der Waals surface area contributed by atoms with Crippen molar-refractivity contribution in [1.29, 1.82) is 5.26 Å². The van der Waals surface area contributed by atoms with Crippen molar-refractivity contribution in [3.63, 3.8) is 0 Å². The van der Waals surface area contributed by atoms with Crippen LogP contribution in [0.3, 0.4) is 0 Å². The molecule has 0 spiro atoms. The van der Waals surface area contributed by atoms with E-state index in [-0.39, 0.29) is 0 Å². The Kier molecular flexibility index (Phi) is 9.79. The maximum Gasteiger partial charge on any atom is 0.163 e. The summed E-state index contributed by atoms with van der Waals surface area (Å²) in [6, 6.07) is 65.4. The van der Waals surface area contributed by atoms with Crippen molar-refractivity contribution in [1.82, 2.24) is 39.5 Å². The predicted octanol–water partition coefficient (Wildman–Crippen LogP) is 12.7. The second-order valence-electron chi connectivity index (χ2n) is 15.8. The fourth-order valence-corrected chi connectivity index (χ4v) is 8.54. The quantitative estimate of drug-likeness (QED) is 0.148. The van der Waals surface area contributed by atoms with Crippen molar-refractivity contribution in [3.05, 3.63) is 205 Å². The molecule has 9 nitrogen and oxygen atoms in total. The van der Waals surface area contributed by atoms with E-state index in [4.69, 9.17) is 29.9 Å². The fourth-order valence-electron chi connectivity index (χ4n) is 8.54. The first-order chi connectivity index (χ1) is 32.0. The summed E-state index contributed by atoms with van der Waals surface area (Å²) >= 11 is 0. The molecule has 7 aromatic carbocycles. The summed E-state index contributed by atoms with van der Waals surface area (Å²) in [5, 5.41) is 13.0. The topological polar surface area (TPSA) is 119 Å². The lowest BCUT2D eigenvalue weighted by atomic mass is 9.97. The van der Waals surface area contributed by atoms with Gasteiger partial charge in [-0.1, -0.05) is 152 Å². The molecule has 0 aliphatic heterocycles. The normalized spacial score (nSPS) is 11.2. The van der Waals surface area contributed by atoms with E-state index in [1.165, 1.54) is 0 Å². The van der Waals surface area contributed by atoms with Crippen LogP contribution in [0.15, 0.2) is 188 Å². The zero-order chi connectivity index (χ0) is 43.9. The zero-order valence-electron chi connectivity index (χ0n) is 35.4. The minimum absolute atomic E-state index is 0.424. The number of nitriles is 1. The molecule has 0 N–H and O–H groups in total. The van der Waals surface area contributed by atoms with Gasteiger partial charge < -0.3 is 4.57 Å². The Balaban J connectivity index is 1.30. The molecule has 11 aromatic rings. The molecule has 0 bridgehead atoms.